The molecule has 0 aliphatic rings. The van der Waals surface area contributed by atoms with Gasteiger partial charge in [0.25, 0.3) is 5.56 Å². The Balaban J connectivity index is 2.42. The molecular formula is C18H18ClN3O. The maximum atomic E-state index is 13.1. The molecule has 0 saturated carbocycles. The zero-order chi connectivity index (χ0) is 16.6. The first-order valence-electron chi connectivity index (χ1n) is 7.48. The van der Waals surface area contributed by atoms with Gasteiger partial charge >= 0.3 is 0 Å². The molecule has 0 aliphatic heterocycles. The SMILES string of the molecule is CNC(C)c1nc2ccccc2c(=O)n1-c1ccc(Cl)cc1C. The van der Waals surface area contributed by atoms with Crippen LogP contribution in [0.4, 0.5) is 0 Å². The van der Waals surface area contributed by atoms with E-state index in [1.54, 1.807) is 16.7 Å². The lowest BCUT2D eigenvalue weighted by Gasteiger charge is -2.19. The van der Waals surface area contributed by atoms with Crippen molar-refractivity contribution in [1.29, 1.82) is 0 Å². The van der Waals surface area contributed by atoms with E-state index in [1.807, 2.05) is 51.2 Å². The summed E-state index contributed by atoms with van der Waals surface area (Å²) >= 11 is 6.05. The molecule has 3 aromatic rings. The summed E-state index contributed by atoms with van der Waals surface area (Å²) in [5.74, 6) is 0.682. The van der Waals surface area contributed by atoms with Crippen LogP contribution in [0, 0.1) is 6.92 Å². The highest BCUT2D eigenvalue weighted by Crippen LogP contribution is 2.22. The van der Waals surface area contributed by atoms with Crippen molar-refractivity contribution in [3.8, 4) is 5.69 Å². The first-order chi connectivity index (χ1) is 11.0. The number of hydrogen-bond acceptors (Lipinski definition) is 3. The highest BCUT2D eigenvalue weighted by molar-refractivity contribution is 6.30. The molecule has 1 unspecified atom stereocenters. The average Bonchev–Trinajstić information content (AvgIpc) is 2.55. The van der Waals surface area contributed by atoms with Crippen molar-refractivity contribution in [2.45, 2.75) is 19.9 Å². The molecule has 1 atom stereocenters. The van der Waals surface area contributed by atoms with Gasteiger partial charge in [-0.05, 0) is 56.8 Å². The molecule has 4 nitrogen and oxygen atoms in total. The molecule has 0 amide bonds. The Morgan fingerprint density at radius 1 is 1.22 bits per heavy atom. The number of aromatic nitrogens is 2. The largest absolute Gasteiger partial charge is 0.311 e. The number of nitrogens with one attached hydrogen (secondary N) is 1. The van der Waals surface area contributed by atoms with Crippen LogP contribution in [-0.2, 0) is 0 Å². The summed E-state index contributed by atoms with van der Waals surface area (Å²) in [7, 11) is 1.85. The lowest BCUT2D eigenvalue weighted by molar-refractivity contribution is 0.589. The Morgan fingerprint density at radius 3 is 2.65 bits per heavy atom. The predicted molar refractivity (Wildman–Crippen MR) is 94.6 cm³/mol. The topological polar surface area (TPSA) is 46.9 Å². The van der Waals surface area contributed by atoms with E-state index in [1.165, 1.54) is 0 Å². The molecule has 0 spiro atoms. The Labute approximate surface area is 139 Å². The normalized spacial score (nSPS) is 12.5. The van der Waals surface area contributed by atoms with Crippen molar-refractivity contribution in [1.82, 2.24) is 14.9 Å². The Kier molecular flexibility index (Phi) is 4.20. The minimum Gasteiger partial charge on any atom is -0.311 e. The van der Waals surface area contributed by atoms with Crippen molar-refractivity contribution >= 4 is 22.5 Å². The van der Waals surface area contributed by atoms with Crippen molar-refractivity contribution < 1.29 is 0 Å². The van der Waals surface area contributed by atoms with E-state index in [0.717, 1.165) is 11.3 Å². The second-order valence-electron chi connectivity index (χ2n) is 5.57. The standard InChI is InChI=1S/C18H18ClN3O/c1-11-10-13(19)8-9-16(11)22-17(12(2)20-3)21-15-7-5-4-6-14(15)18(22)23/h4-10,12,20H,1-3H3. The van der Waals surface area contributed by atoms with Crippen LogP contribution in [0.25, 0.3) is 16.6 Å². The van der Waals surface area contributed by atoms with Gasteiger partial charge in [0.1, 0.15) is 5.82 Å². The number of para-hydroxylation sites is 1. The van der Waals surface area contributed by atoms with E-state index in [9.17, 15) is 4.79 Å². The molecule has 0 radical (unpaired) electrons. The van der Waals surface area contributed by atoms with Gasteiger partial charge in [0.2, 0.25) is 0 Å². The van der Waals surface area contributed by atoms with Crippen molar-refractivity contribution in [2.75, 3.05) is 7.05 Å². The van der Waals surface area contributed by atoms with Gasteiger partial charge in [0.15, 0.2) is 0 Å². The Bertz CT molecular complexity index is 933. The van der Waals surface area contributed by atoms with Crippen molar-refractivity contribution in [3.63, 3.8) is 0 Å². The van der Waals surface area contributed by atoms with Crippen LogP contribution in [0.5, 0.6) is 0 Å². The minimum atomic E-state index is -0.0712. The van der Waals surface area contributed by atoms with Crippen LogP contribution in [0.15, 0.2) is 47.3 Å². The van der Waals surface area contributed by atoms with E-state index in [2.05, 4.69) is 5.32 Å². The summed E-state index contributed by atoms with van der Waals surface area (Å²) in [4.78, 5) is 17.8. The molecule has 2 aromatic carbocycles. The molecule has 0 fully saturated rings. The van der Waals surface area contributed by atoms with Gasteiger partial charge < -0.3 is 5.32 Å². The smallest absolute Gasteiger partial charge is 0.266 e. The summed E-state index contributed by atoms with van der Waals surface area (Å²) < 4.78 is 1.68. The van der Waals surface area contributed by atoms with Crippen LogP contribution in [0.3, 0.4) is 0 Å². The summed E-state index contributed by atoms with van der Waals surface area (Å²) in [5.41, 5.74) is 2.37. The van der Waals surface area contributed by atoms with E-state index in [0.29, 0.717) is 21.7 Å². The molecule has 0 bridgehead atoms. The number of benzene rings is 2. The number of hydrogen-bond donors (Lipinski definition) is 1. The third-order valence-corrected chi connectivity index (χ3v) is 4.26. The average molecular weight is 328 g/mol. The molecule has 3 rings (SSSR count). The number of rotatable bonds is 3. The van der Waals surface area contributed by atoms with Crippen molar-refractivity contribution in [3.05, 3.63) is 69.2 Å². The summed E-state index contributed by atoms with van der Waals surface area (Å²) in [5, 5.41) is 4.42. The second-order valence-corrected chi connectivity index (χ2v) is 6.01. The molecule has 1 aromatic heterocycles. The number of aryl methyl sites for hydroxylation is 1. The fourth-order valence-corrected chi connectivity index (χ4v) is 2.90. The fourth-order valence-electron chi connectivity index (χ4n) is 2.67. The molecule has 23 heavy (non-hydrogen) atoms. The van der Waals surface area contributed by atoms with Gasteiger partial charge in [-0.2, -0.15) is 0 Å². The van der Waals surface area contributed by atoms with E-state index < -0.39 is 0 Å². The molecular weight excluding hydrogens is 310 g/mol. The molecule has 0 saturated heterocycles. The van der Waals surface area contributed by atoms with Gasteiger partial charge in [-0.3, -0.25) is 9.36 Å². The van der Waals surface area contributed by atoms with Crippen LogP contribution < -0.4 is 10.9 Å². The lowest BCUT2D eigenvalue weighted by atomic mass is 10.1. The van der Waals surface area contributed by atoms with Crippen LogP contribution in [0.2, 0.25) is 5.02 Å². The monoisotopic (exact) mass is 327 g/mol. The van der Waals surface area contributed by atoms with E-state index in [4.69, 9.17) is 16.6 Å². The third kappa shape index (κ3) is 2.76. The quantitative estimate of drug-likeness (QED) is 0.799. The Morgan fingerprint density at radius 2 is 1.96 bits per heavy atom. The lowest BCUT2D eigenvalue weighted by Crippen LogP contribution is -2.29. The minimum absolute atomic E-state index is 0.0672. The summed E-state index contributed by atoms with van der Waals surface area (Å²) in [6, 6.07) is 12.9. The number of fused-ring (bicyclic) bond motifs is 1. The zero-order valence-electron chi connectivity index (χ0n) is 13.3. The second kappa shape index (κ2) is 6.14. The predicted octanol–water partition coefficient (Wildman–Crippen LogP) is 3.63. The fraction of sp³-hybridized carbons (Fsp3) is 0.222. The molecule has 5 heteroatoms. The third-order valence-electron chi connectivity index (χ3n) is 4.02. The summed E-state index contributed by atoms with van der Waals surface area (Å²) in [6.07, 6.45) is 0. The zero-order valence-corrected chi connectivity index (χ0v) is 14.1. The maximum absolute atomic E-state index is 13.1. The van der Waals surface area contributed by atoms with Crippen LogP contribution in [0.1, 0.15) is 24.4 Å². The highest BCUT2D eigenvalue weighted by atomic mass is 35.5. The molecule has 0 aliphatic carbocycles. The van der Waals surface area contributed by atoms with E-state index >= 15 is 0 Å². The van der Waals surface area contributed by atoms with Gasteiger partial charge in [-0.25, -0.2) is 4.98 Å². The molecule has 1 N–H and O–H groups in total. The molecule has 118 valence electrons. The summed E-state index contributed by atoms with van der Waals surface area (Å²) in [6.45, 7) is 3.93. The van der Waals surface area contributed by atoms with Crippen LogP contribution >= 0.6 is 11.6 Å². The van der Waals surface area contributed by atoms with Gasteiger partial charge in [0.05, 0.1) is 22.6 Å². The Hall–Kier alpha value is -2.17. The van der Waals surface area contributed by atoms with Gasteiger partial charge in [-0.15, -0.1) is 0 Å². The van der Waals surface area contributed by atoms with Crippen molar-refractivity contribution in [2.24, 2.45) is 0 Å². The van der Waals surface area contributed by atoms with Crippen LogP contribution in [-0.4, -0.2) is 16.6 Å². The van der Waals surface area contributed by atoms with E-state index in [-0.39, 0.29) is 11.6 Å². The highest BCUT2D eigenvalue weighted by Gasteiger charge is 2.17. The first-order valence-corrected chi connectivity index (χ1v) is 7.86. The van der Waals surface area contributed by atoms with Gasteiger partial charge in [-0.1, -0.05) is 23.7 Å². The maximum Gasteiger partial charge on any atom is 0.266 e. The number of nitrogens with zero attached hydrogens (tertiary/aromatic N) is 2. The number of halogens is 1. The van der Waals surface area contributed by atoms with Gasteiger partial charge in [0, 0.05) is 5.02 Å². The first kappa shape index (κ1) is 15.7. The molecule has 1 heterocycles.